The molecule has 3 heterocycles. The van der Waals surface area contributed by atoms with Gasteiger partial charge in [0, 0.05) is 13.7 Å². The first-order valence-corrected chi connectivity index (χ1v) is 16.9. The van der Waals surface area contributed by atoms with Gasteiger partial charge in [-0.3, -0.25) is 19.3 Å². The van der Waals surface area contributed by atoms with Crippen LogP contribution in [0.3, 0.4) is 0 Å². The number of hydrogen-bond acceptors (Lipinski definition) is 10. The minimum absolute atomic E-state index is 0.0465. The van der Waals surface area contributed by atoms with Crippen molar-refractivity contribution < 1.29 is 43.3 Å². The highest BCUT2D eigenvalue weighted by molar-refractivity contribution is 6.23. The van der Waals surface area contributed by atoms with E-state index in [0.29, 0.717) is 22.3 Å². The number of cyclic esters (lactones) is 1. The second-order valence-electron chi connectivity index (χ2n) is 13.1. The fourth-order valence-corrected chi connectivity index (χ4v) is 8.20. The van der Waals surface area contributed by atoms with Crippen LogP contribution < -0.4 is 21.7 Å². The molecule has 0 aliphatic carbocycles. The van der Waals surface area contributed by atoms with Crippen LogP contribution >= 0.6 is 0 Å². The lowest BCUT2D eigenvalue weighted by molar-refractivity contribution is -0.178. The number of urea groups is 1. The quantitative estimate of drug-likeness (QED) is 0.146. The van der Waals surface area contributed by atoms with Crippen LogP contribution in [0.15, 0.2) is 103 Å². The Labute approximate surface area is 304 Å². The number of nitrogens with zero attached hydrogens (tertiary/aromatic N) is 2. The Kier molecular flexibility index (Phi) is 9.32. The van der Waals surface area contributed by atoms with Crippen LogP contribution in [-0.4, -0.2) is 66.3 Å². The van der Waals surface area contributed by atoms with Gasteiger partial charge in [0.05, 0.1) is 30.3 Å². The third-order valence-electron chi connectivity index (χ3n) is 10.2. The van der Waals surface area contributed by atoms with E-state index in [1.165, 1.54) is 25.3 Å². The molecule has 7 rings (SSSR count). The molecule has 2 fully saturated rings. The van der Waals surface area contributed by atoms with E-state index in [0.717, 1.165) is 4.90 Å². The Morgan fingerprint density at radius 3 is 2.13 bits per heavy atom. The van der Waals surface area contributed by atoms with Gasteiger partial charge in [-0.25, -0.2) is 14.5 Å². The van der Waals surface area contributed by atoms with E-state index in [1.54, 1.807) is 29.2 Å². The van der Waals surface area contributed by atoms with Gasteiger partial charge in [-0.05, 0) is 46.0 Å². The third kappa shape index (κ3) is 5.81. The summed E-state index contributed by atoms with van der Waals surface area (Å²) < 4.78 is 16.8. The van der Waals surface area contributed by atoms with Crippen LogP contribution in [-0.2, 0) is 40.6 Å². The summed E-state index contributed by atoms with van der Waals surface area (Å²) in [6, 6.07) is 25.0. The van der Waals surface area contributed by atoms with Crippen molar-refractivity contribution in [2.24, 2.45) is 17.4 Å². The number of phenols is 1. The lowest BCUT2D eigenvalue weighted by atomic mass is 9.65. The van der Waals surface area contributed by atoms with Gasteiger partial charge in [0.15, 0.2) is 0 Å². The topological polar surface area (TPSA) is 204 Å². The summed E-state index contributed by atoms with van der Waals surface area (Å²) in [6.45, 7) is -0.197. The molecule has 0 unspecified atom stereocenters. The minimum atomic E-state index is -2.05. The van der Waals surface area contributed by atoms with Crippen LogP contribution in [0.25, 0.3) is 0 Å². The highest BCUT2D eigenvalue weighted by Crippen LogP contribution is 2.65. The first-order chi connectivity index (χ1) is 25.6. The molecule has 1 spiro atoms. The maximum atomic E-state index is 15.5. The van der Waals surface area contributed by atoms with Crippen LogP contribution in [0.4, 0.5) is 15.3 Å². The normalized spacial score (nSPS) is 24.7. The summed E-state index contributed by atoms with van der Waals surface area (Å²) in [4.78, 5) is 72.5. The molecular formula is C39H37N5O9. The lowest BCUT2D eigenvalue weighted by Crippen LogP contribution is -2.55. The Morgan fingerprint density at radius 1 is 0.849 bits per heavy atom. The molecule has 272 valence electrons. The molecule has 0 radical (unpaired) electrons. The molecule has 53 heavy (non-hydrogen) atoms. The number of nitrogens with two attached hydrogens (primary N) is 2. The summed E-state index contributed by atoms with van der Waals surface area (Å²) in [7, 11) is 1.43. The van der Waals surface area contributed by atoms with E-state index in [1.807, 2.05) is 60.7 Å². The molecule has 14 heteroatoms. The maximum absolute atomic E-state index is 15.5. The number of amides is 5. The number of imide groups is 1. The van der Waals surface area contributed by atoms with Crippen molar-refractivity contribution in [3.05, 3.63) is 131 Å². The number of anilines is 1. The van der Waals surface area contributed by atoms with Crippen molar-refractivity contribution in [3.63, 3.8) is 0 Å². The zero-order chi connectivity index (χ0) is 37.4. The number of carbonyl (C=O) groups is 5. The fraction of sp³-hybridized carbons (Fsp3) is 0.256. The summed E-state index contributed by atoms with van der Waals surface area (Å²) in [5.74, 6) is -4.30. The molecule has 4 aromatic carbocycles. The molecule has 0 aromatic heterocycles. The Bertz CT molecular complexity index is 2060. The summed E-state index contributed by atoms with van der Waals surface area (Å²) in [6.07, 6.45) is -1.95. The number of nitrogens with one attached hydrogen (secondary N) is 1. The van der Waals surface area contributed by atoms with Crippen molar-refractivity contribution in [2.75, 3.05) is 25.2 Å². The standard InChI is InChI=1S/C39H37N5O9/c1-51-18-19-52-38(50)43-28-17-12-22(21-42-37(41)49)20-27(28)39(36(43)48)29(34(40)46)31-35(47)53-32(24-10-6-3-7-11-24)30(23-8-4-2-5-9-23)44(31)33(39)25-13-15-26(45)16-14-25/h2-17,20,29-33,45H,18-19,21H2,1H3,(H2,40,46)(H3,41,42,49)/t29-,30-,31-,32+,33+,39-/m0/s1. The average molecular weight is 720 g/mol. The number of carbonyl (C=O) groups excluding carboxylic acids is 5. The number of phenolic OH excluding ortho intramolecular Hbond substituents is 1. The molecule has 4 aromatic rings. The highest BCUT2D eigenvalue weighted by Gasteiger charge is 2.75. The van der Waals surface area contributed by atoms with E-state index >= 15 is 4.79 Å². The molecule has 5 amide bonds. The van der Waals surface area contributed by atoms with Crippen LogP contribution in [0.1, 0.15) is 46.0 Å². The van der Waals surface area contributed by atoms with Crippen molar-refractivity contribution in [2.45, 2.75) is 36.2 Å². The predicted molar refractivity (Wildman–Crippen MR) is 189 cm³/mol. The summed E-state index contributed by atoms with van der Waals surface area (Å²) in [5.41, 5.74) is 12.2. The number of hydrogen-bond donors (Lipinski definition) is 4. The van der Waals surface area contributed by atoms with Crippen molar-refractivity contribution in [3.8, 4) is 5.75 Å². The van der Waals surface area contributed by atoms with Gasteiger partial charge in [0.2, 0.25) is 11.8 Å². The monoisotopic (exact) mass is 719 g/mol. The molecule has 3 aliphatic rings. The molecule has 0 bridgehead atoms. The Morgan fingerprint density at radius 2 is 1.51 bits per heavy atom. The van der Waals surface area contributed by atoms with E-state index in [4.69, 9.17) is 25.7 Å². The second kappa shape index (κ2) is 14.1. The van der Waals surface area contributed by atoms with Gasteiger partial charge in [-0.2, -0.15) is 0 Å². The molecule has 0 saturated carbocycles. The molecule has 3 aliphatic heterocycles. The fourth-order valence-electron chi connectivity index (χ4n) is 8.20. The predicted octanol–water partition coefficient (Wildman–Crippen LogP) is 3.49. The number of ether oxygens (including phenoxy) is 3. The van der Waals surface area contributed by atoms with Crippen molar-refractivity contribution >= 4 is 35.6 Å². The number of primary amides is 2. The van der Waals surface area contributed by atoms with Crippen LogP contribution in [0.2, 0.25) is 0 Å². The van der Waals surface area contributed by atoms with Gasteiger partial charge in [0.25, 0.3) is 0 Å². The highest BCUT2D eigenvalue weighted by atomic mass is 16.6. The van der Waals surface area contributed by atoms with Crippen molar-refractivity contribution in [1.82, 2.24) is 10.2 Å². The summed E-state index contributed by atoms with van der Waals surface area (Å²) >= 11 is 0. The zero-order valence-corrected chi connectivity index (χ0v) is 28.6. The van der Waals surface area contributed by atoms with Gasteiger partial charge in [0.1, 0.15) is 29.9 Å². The number of fused-ring (bicyclic) bond motifs is 3. The van der Waals surface area contributed by atoms with Gasteiger partial charge in [-0.1, -0.05) is 84.9 Å². The number of morpholine rings is 1. The Balaban J connectivity index is 1.55. The summed E-state index contributed by atoms with van der Waals surface area (Å²) in [5, 5.41) is 12.9. The van der Waals surface area contributed by atoms with Crippen LogP contribution in [0, 0.1) is 5.92 Å². The van der Waals surface area contributed by atoms with E-state index in [9.17, 15) is 24.3 Å². The van der Waals surface area contributed by atoms with E-state index < -0.39 is 65.5 Å². The molecule has 6 atom stereocenters. The van der Waals surface area contributed by atoms with E-state index in [-0.39, 0.29) is 36.8 Å². The third-order valence-corrected chi connectivity index (χ3v) is 10.2. The Hall–Kier alpha value is -6.25. The maximum Gasteiger partial charge on any atom is 0.421 e. The number of methoxy groups -OCH3 is 1. The van der Waals surface area contributed by atoms with Gasteiger partial charge >= 0.3 is 18.1 Å². The largest absolute Gasteiger partial charge is 0.508 e. The first kappa shape index (κ1) is 35.2. The zero-order valence-electron chi connectivity index (χ0n) is 28.6. The molecular weight excluding hydrogens is 682 g/mol. The number of aromatic hydroxyl groups is 1. The second-order valence-corrected chi connectivity index (χ2v) is 13.1. The van der Waals surface area contributed by atoms with E-state index in [2.05, 4.69) is 5.32 Å². The van der Waals surface area contributed by atoms with Crippen molar-refractivity contribution in [1.29, 1.82) is 0 Å². The first-order valence-electron chi connectivity index (χ1n) is 16.9. The SMILES string of the molecule is COCCOC(=O)N1C(=O)[C@@]2(c3cc(CNC(N)=O)ccc31)[C@H](C(N)=O)[C@H]1C(=O)O[C@H](c3ccccc3)[C@H](c3ccccc3)N1[C@@H]2c1ccc(O)cc1. The average Bonchev–Trinajstić information content (AvgIpc) is 3.61. The lowest BCUT2D eigenvalue weighted by Gasteiger charge is -2.46. The van der Waals surface area contributed by atoms with Gasteiger partial charge < -0.3 is 36.1 Å². The minimum Gasteiger partial charge on any atom is -0.508 e. The smallest absolute Gasteiger partial charge is 0.421 e. The number of rotatable bonds is 9. The molecule has 2 saturated heterocycles. The van der Waals surface area contributed by atoms with Crippen LogP contribution in [0.5, 0.6) is 5.75 Å². The number of benzene rings is 4. The van der Waals surface area contributed by atoms with Gasteiger partial charge in [-0.15, -0.1) is 0 Å². The molecule has 14 nitrogen and oxygen atoms in total. The number of esters is 1. The molecule has 6 N–H and O–H groups in total.